The zero-order valence-corrected chi connectivity index (χ0v) is 18.6. The van der Waals surface area contributed by atoms with E-state index in [0.29, 0.717) is 28.7 Å². The first-order valence-corrected chi connectivity index (χ1v) is 10.8. The maximum Gasteiger partial charge on any atom is 0.321 e. The summed E-state index contributed by atoms with van der Waals surface area (Å²) in [5.41, 5.74) is 2.48. The molecule has 1 heterocycles. The predicted molar refractivity (Wildman–Crippen MR) is 122 cm³/mol. The number of halogens is 2. The molecule has 2 atom stereocenters. The van der Waals surface area contributed by atoms with E-state index in [-0.39, 0.29) is 12.8 Å². The van der Waals surface area contributed by atoms with Crippen LogP contribution in [0.4, 0.5) is 0 Å². The van der Waals surface area contributed by atoms with Crippen LogP contribution < -0.4 is 5.32 Å². The molecule has 0 saturated carbocycles. The molecule has 0 bridgehead atoms. The molecule has 0 aliphatic heterocycles. The SMILES string of the molecule is O=C(O)C(Cc1cncn1Cc1cc(Cl)cc(Cl)c1)N[C@@H](CCc1ccccc1)C(=O)O. The molecular formula is C23H23Cl2N3O4. The first kappa shape index (κ1) is 23.8. The second-order valence-corrected chi connectivity index (χ2v) is 8.34. The topological polar surface area (TPSA) is 104 Å². The molecule has 32 heavy (non-hydrogen) atoms. The van der Waals surface area contributed by atoms with Gasteiger partial charge in [0, 0.05) is 34.9 Å². The Bertz CT molecular complexity index is 1050. The van der Waals surface area contributed by atoms with Crippen LogP contribution in [-0.4, -0.2) is 43.8 Å². The lowest BCUT2D eigenvalue weighted by molar-refractivity contribution is -0.142. The summed E-state index contributed by atoms with van der Waals surface area (Å²) in [7, 11) is 0. The van der Waals surface area contributed by atoms with Gasteiger partial charge in [-0.25, -0.2) is 4.98 Å². The first-order valence-electron chi connectivity index (χ1n) is 10.0. The number of imidazole rings is 1. The molecule has 0 amide bonds. The largest absolute Gasteiger partial charge is 0.480 e. The van der Waals surface area contributed by atoms with Crippen LogP contribution in [0.25, 0.3) is 0 Å². The number of aliphatic carboxylic acids is 2. The maximum absolute atomic E-state index is 11.9. The summed E-state index contributed by atoms with van der Waals surface area (Å²) in [6, 6.07) is 12.6. The quantitative estimate of drug-likeness (QED) is 0.388. The molecule has 0 fully saturated rings. The lowest BCUT2D eigenvalue weighted by Crippen LogP contribution is -2.48. The smallest absolute Gasteiger partial charge is 0.321 e. The molecule has 0 saturated heterocycles. The third-order valence-electron chi connectivity index (χ3n) is 5.05. The standard InChI is InChI=1S/C23H23Cl2N3O4/c24-17-8-16(9-18(25)10-17)13-28-14-26-12-19(28)11-21(23(31)32)27-20(22(29)30)7-6-15-4-2-1-3-5-15/h1-5,8-10,12,14,20-21,27H,6-7,11,13H2,(H,29,30)(H,31,32)/t20-,21?/m0/s1. The molecule has 2 aromatic carbocycles. The summed E-state index contributed by atoms with van der Waals surface area (Å²) in [4.78, 5) is 27.8. The van der Waals surface area contributed by atoms with Crippen molar-refractivity contribution in [1.82, 2.24) is 14.9 Å². The van der Waals surface area contributed by atoms with E-state index in [2.05, 4.69) is 10.3 Å². The maximum atomic E-state index is 11.9. The zero-order chi connectivity index (χ0) is 23.1. The molecular weight excluding hydrogens is 453 g/mol. The second kappa shape index (κ2) is 11.1. The minimum atomic E-state index is -1.13. The zero-order valence-electron chi connectivity index (χ0n) is 17.1. The Hall–Kier alpha value is -2.87. The van der Waals surface area contributed by atoms with Gasteiger partial charge in [0.1, 0.15) is 12.1 Å². The van der Waals surface area contributed by atoms with Gasteiger partial charge in [-0.1, -0.05) is 53.5 Å². The fourth-order valence-electron chi connectivity index (χ4n) is 3.46. The molecule has 1 aromatic heterocycles. The van der Waals surface area contributed by atoms with E-state index in [1.165, 1.54) is 0 Å². The first-order chi connectivity index (χ1) is 15.3. The highest BCUT2D eigenvalue weighted by Gasteiger charge is 2.27. The Labute approximate surface area is 195 Å². The summed E-state index contributed by atoms with van der Waals surface area (Å²) >= 11 is 12.1. The Balaban J connectivity index is 1.70. The minimum absolute atomic E-state index is 0.0682. The van der Waals surface area contributed by atoms with Gasteiger partial charge in [-0.15, -0.1) is 0 Å². The molecule has 168 valence electrons. The molecule has 0 aliphatic rings. The van der Waals surface area contributed by atoms with Crippen molar-refractivity contribution in [3.8, 4) is 0 Å². The van der Waals surface area contributed by atoms with Crippen molar-refractivity contribution in [3.05, 3.63) is 87.9 Å². The van der Waals surface area contributed by atoms with Crippen molar-refractivity contribution in [2.24, 2.45) is 0 Å². The van der Waals surface area contributed by atoms with Gasteiger partial charge in [0.2, 0.25) is 0 Å². The van der Waals surface area contributed by atoms with Crippen molar-refractivity contribution in [3.63, 3.8) is 0 Å². The number of benzene rings is 2. The Morgan fingerprint density at radius 2 is 1.62 bits per heavy atom. The summed E-state index contributed by atoms with van der Waals surface area (Å²) in [6.45, 7) is 0.401. The van der Waals surface area contributed by atoms with Gasteiger partial charge >= 0.3 is 11.9 Å². The van der Waals surface area contributed by atoms with Crippen LogP contribution in [0.3, 0.4) is 0 Å². The van der Waals surface area contributed by atoms with Gasteiger partial charge in [-0.05, 0) is 42.2 Å². The van der Waals surface area contributed by atoms with Crippen LogP contribution in [0.2, 0.25) is 10.0 Å². The van der Waals surface area contributed by atoms with E-state index < -0.39 is 24.0 Å². The van der Waals surface area contributed by atoms with Gasteiger partial charge < -0.3 is 14.8 Å². The van der Waals surface area contributed by atoms with E-state index in [4.69, 9.17) is 23.2 Å². The average molecular weight is 476 g/mol. The summed E-state index contributed by atoms with van der Waals surface area (Å²) in [5.74, 6) is -2.22. The molecule has 3 N–H and O–H groups in total. The van der Waals surface area contributed by atoms with E-state index in [0.717, 1.165) is 11.1 Å². The number of carbonyl (C=O) groups is 2. The normalized spacial score (nSPS) is 12.9. The van der Waals surface area contributed by atoms with Gasteiger partial charge in [-0.3, -0.25) is 14.9 Å². The second-order valence-electron chi connectivity index (χ2n) is 7.47. The number of rotatable bonds is 11. The van der Waals surface area contributed by atoms with Crippen molar-refractivity contribution in [2.45, 2.75) is 37.9 Å². The number of hydrogen-bond donors (Lipinski definition) is 3. The highest BCUT2D eigenvalue weighted by Crippen LogP contribution is 2.20. The van der Waals surface area contributed by atoms with Crippen LogP contribution in [-0.2, 0) is 29.0 Å². The number of aryl methyl sites for hydroxylation is 1. The van der Waals surface area contributed by atoms with Crippen molar-refractivity contribution in [2.75, 3.05) is 0 Å². The van der Waals surface area contributed by atoms with Crippen LogP contribution in [0.1, 0.15) is 23.2 Å². The number of hydrogen-bond acceptors (Lipinski definition) is 4. The van der Waals surface area contributed by atoms with Crippen molar-refractivity contribution in [1.29, 1.82) is 0 Å². The Morgan fingerprint density at radius 3 is 2.25 bits per heavy atom. The highest BCUT2D eigenvalue weighted by molar-refractivity contribution is 6.34. The number of carboxylic acid groups (broad SMARTS) is 2. The minimum Gasteiger partial charge on any atom is -0.480 e. The fourth-order valence-corrected chi connectivity index (χ4v) is 4.03. The number of carboxylic acids is 2. The number of aromatic nitrogens is 2. The molecule has 0 spiro atoms. The van der Waals surface area contributed by atoms with Crippen LogP contribution in [0, 0.1) is 0 Å². The predicted octanol–water partition coefficient (Wildman–Crippen LogP) is 3.91. The monoisotopic (exact) mass is 475 g/mol. The van der Waals surface area contributed by atoms with Gasteiger partial charge in [0.15, 0.2) is 0 Å². The third-order valence-corrected chi connectivity index (χ3v) is 5.49. The molecule has 1 unspecified atom stereocenters. The molecule has 0 radical (unpaired) electrons. The lowest BCUT2D eigenvalue weighted by atomic mass is 10.0. The number of nitrogens with one attached hydrogen (secondary N) is 1. The average Bonchev–Trinajstić information content (AvgIpc) is 3.16. The van der Waals surface area contributed by atoms with Gasteiger partial charge in [0.25, 0.3) is 0 Å². The molecule has 9 heteroatoms. The molecule has 3 aromatic rings. The van der Waals surface area contributed by atoms with Crippen molar-refractivity contribution >= 4 is 35.1 Å². The molecule has 3 rings (SSSR count). The van der Waals surface area contributed by atoms with Gasteiger partial charge in [0.05, 0.1) is 6.33 Å². The molecule has 7 nitrogen and oxygen atoms in total. The fraction of sp³-hybridized carbons (Fsp3) is 0.261. The highest BCUT2D eigenvalue weighted by atomic mass is 35.5. The van der Waals surface area contributed by atoms with E-state index >= 15 is 0 Å². The summed E-state index contributed by atoms with van der Waals surface area (Å²) in [5, 5.41) is 23.1. The lowest BCUT2D eigenvalue weighted by Gasteiger charge is -2.21. The van der Waals surface area contributed by atoms with Gasteiger partial charge in [-0.2, -0.15) is 0 Å². The van der Waals surface area contributed by atoms with Crippen LogP contribution >= 0.6 is 23.2 Å². The van der Waals surface area contributed by atoms with E-state index in [1.54, 1.807) is 35.3 Å². The van der Waals surface area contributed by atoms with Crippen molar-refractivity contribution < 1.29 is 19.8 Å². The summed E-state index contributed by atoms with van der Waals surface area (Å²) < 4.78 is 1.79. The van der Waals surface area contributed by atoms with E-state index in [9.17, 15) is 19.8 Å². The Morgan fingerprint density at radius 1 is 0.969 bits per heavy atom. The van der Waals surface area contributed by atoms with Crippen LogP contribution in [0.15, 0.2) is 61.1 Å². The summed E-state index contributed by atoms with van der Waals surface area (Å²) in [6.07, 6.45) is 4.02. The molecule has 0 aliphatic carbocycles. The number of nitrogens with zero attached hydrogens (tertiary/aromatic N) is 2. The van der Waals surface area contributed by atoms with E-state index in [1.807, 2.05) is 30.3 Å². The third kappa shape index (κ3) is 6.82. The Kier molecular flexibility index (Phi) is 8.27. The van der Waals surface area contributed by atoms with Crippen LogP contribution in [0.5, 0.6) is 0 Å².